The average molecular weight is 405 g/mol. The van der Waals surface area contributed by atoms with Crippen molar-refractivity contribution in [3.05, 3.63) is 145 Å². The summed E-state index contributed by atoms with van der Waals surface area (Å²) in [5.41, 5.74) is 1.95. The van der Waals surface area contributed by atoms with Crippen molar-refractivity contribution < 1.29 is 9.53 Å². The summed E-state index contributed by atoms with van der Waals surface area (Å²) in [6, 6.07) is 38.3. The van der Waals surface area contributed by atoms with E-state index in [9.17, 15) is 4.79 Å². The van der Waals surface area contributed by atoms with Crippen LogP contribution in [0.25, 0.3) is 0 Å². The van der Waals surface area contributed by atoms with Gasteiger partial charge in [0.1, 0.15) is 0 Å². The highest BCUT2D eigenvalue weighted by Crippen LogP contribution is 2.37. The van der Waals surface area contributed by atoms with Gasteiger partial charge in [0, 0.05) is 11.1 Å². The van der Waals surface area contributed by atoms with E-state index in [1.165, 1.54) is 0 Å². The van der Waals surface area contributed by atoms with Crippen LogP contribution in [0.3, 0.4) is 0 Å². The van der Waals surface area contributed by atoms with Gasteiger partial charge in [-0.2, -0.15) is 0 Å². The highest BCUT2D eigenvalue weighted by Gasteiger charge is 2.37. The van der Waals surface area contributed by atoms with Crippen molar-refractivity contribution in [3.63, 3.8) is 0 Å². The molecule has 0 spiro atoms. The van der Waals surface area contributed by atoms with E-state index in [-0.39, 0.29) is 0 Å². The SMILES string of the molecule is C=CC(OC(=O)N(c1ccccc1)c1ccccc1)(c1ccccc1)c1ccccc1. The Morgan fingerprint density at radius 2 is 1.00 bits per heavy atom. The zero-order valence-electron chi connectivity index (χ0n) is 17.1. The molecule has 0 radical (unpaired) electrons. The molecule has 0 aliphatic heterocycles. The quantitative estimate of drug-likeness (QED) is 0.320. The van der Waals surface area contributed by atoms with Gasteiger partial charge in [-0.25, -0.2) is 9.69 Å². The minimum Gasteiger partial charge on any atom is -0.428 e. The number of ether oxygens (including phenoxy) is 1. The van der Waals surface area contributed by atoms with Crippen molar-refractivity contribution in [2.45, 2.75) is 5.60 Å². The van der Waals surface area contributed by atoms with Crippen LogP contribution in [-0.4, -0.2) is 6.09 Å². The maximum atomic E-state index is 13.7. The molecule has 1 amide bonds. The van der Waals surface area contributed by atoms with Crippen molar-refractivity contribution in [2.75, 3.05) is 4.90 Å². The van der Waals surface area contributed by atoms with Crippen LogP contribution in [0.4, 0.5) is 16.2 Å². The molecular weight excluding hydrogens is 382 g/mol. The Hall–Kier alpha value is -4.11. The predicted molar refractivity (Wildman–Crippen MR) is 125 cm³/mol. The summed E-state index contributed by atoms with van der Waals surface area (Å²) < 4.78 is 6.30. The second kappa shape index (κ2) is 9.14. The summed E-state index contributed by atoms with van der Waals surface area (Å²) in [5, 5.41) is 0. The minimum absolute atomic E-state index is 0.495. The number of carbonyl (C=O) groups is 1. The van der Waals surface area contributed by atoms with Crippen molar-refractivity contribution >= 4 is 17.5 Å². The van der Waals surface area contributed by atoms with Gasteiger partial charge < -0.3 is 4.74 Å². The van der Waals surface area contributed by atoms with Crippen molar-refractivity contribution in [1.82, 2.24) is 0 Å². The van der Waals surface area contributed by atoms with E-state index in [1.54, 1.807) is 11.0 Å². The van der Waals surface area contributed by atoms with Crippen LogP contribution >= 0.6 is 0 Å². The van der Waals surface area contributed by atoms with Gasteiger partial charge in [0.15, 0.2) is 5.60 Å². The predicted octanol–water partition coefficient (Wildman–Crippen LogP) is 7.09. The lowest BCUT2D eigenvalue weighted by molar-refractivity contribution is 0.0802. The van der Waals surface area contributed by atoms with Gasteiger partial charge in [0.05, 0.1) is 11.4 Å². The molecule has 0 fully saturated rings. The van der Waals surface area contributed by atoms with Crippen LogP contribution in [0.15, 0.2) is 134 Å². The fourth-order valence-corrected chi connectivity index (χ4v) is 3.63. The van der Waals surface area contributed by atoms with Crippen LogP contribution in [0, 0.1) is 0 Å². The average Bonchev–Trinajstić information content (AvgIpc) is 2.85. The van der Waals surface area contributed by atoms with E-state index in [1.807, 2.05) is 121 Å². The van der Waals surface area contributed by atoms with Crippen LogP contribution in [0.1, 0.15) is 11.1 Å². The number of para-hydroxylation sites is 2. The third kappa shape index (κ3) is 4.12. The number of amides is 1. The Balaban J connectivity index is 1.82. The smallest absolute Gasteiger partial charge is 0.420 e. The van der Waals surface area contributed by atoms with Crippen LogP contribution in [0.2, 0.25) is 0 Å². The summed E-state index contributed by atoms with van der Waals surface area (Å²) in [6.07, 6.45) is 1.19. The summed E-state index contributed by atoms with van der Waals surface area (Å²) in [7, 11) is 0. The van der Waals surface area contributed by atoms with Crippen LogP contribution < -0.4 is 4.90 Å². The molecule has 0 unspecified atom stereocenters. The monoisotopic (exact) mass is 405 g/mol. The number of nitrogens with zero attached hydrogens (tertiary/aromatic N) is 1. The second-order valence-electron chi connectivity index (χ2n) is 7.05. The topological polar surface area (TPSA) is 29.5 Å². The Morgan fingerprint density at radius 3 is 1.35 bits per heavy atom. The first-order valence-electron chi connectivity index (χ1n) is 10.1. The third-order valence-corrected chi connectivity index (χ3v) is 5.15. The first kappa shape index (κ1) is 20.2. The highest BCUT2D eigenvalue weighted by molar-refractivity contribution is 5.96. The zero-order chi connectivity index (χ0) is 21.5. The lowest BCUT2D eigenvalue weighted by Crippen LogP contribution is -2.37. The normalized spacial score (nSPS) is 10.8. The number of rotatable bonds is 6. The van der Waals surface area contributed by atoms with Crippen molar-refractivity contribution in [2.24, 2.45) is 0 Å². The van der Waals surface area contributed by atoms with E-state index in [2.05, 4.69) is 6.58 Å². The van der Waals surface area contributed by atoms with Gasteiger partial charge in [0.25, 0.3) is 0 Å². The van der Waals surface area contributed by atoms with E-state index >= 15 is 0 Å². The van der Waals surface area contributed by atoms with Gasteiger partial charge in [-0.15, -0.1) is 0 Å². The molecule has 4 aromatic rings. The fourth-order valence-electron chi connectivity index (χ4n) is 3.63. The summed E-state index contributed by atoms with van der Waals surface area (Å²) >= 11 is 0. The maximum Gasteiger partial charge on any atom is 0.420 e. The molecule has 0 saturated heterocycles. The minimum atomic E-state index is -1.14. The number of hydrogen-bond acceptors (Lipinski definition) is 2. The molecule has 4 rings (SSSR count). The number of hydrogen-bond donors (Lipinski definition) is 0. The molecule has 0 heterocycles. The zero-order valence-corrected chi connectivity index (χ0v) is 17.1. The third-order valence-electron chi connectivity index (χ3n) is 5.15. The molecule has 152 valence electrons. The highest BCUT2D eigenvalue weighted by atomic mass is 16.6. The molecule has 0 atom stereocenters. The van der Waals surface area contributed by atoms with Gasteiger partial charge in [-0.3, -0.25) is 0 Å². The molecule has 3 nitrogen and oxygen atoms in total. The van der Waals surface area contributed by atoms with Crippen LogP contribution in [0.5, 0.6) is 0 Å². The van der Waals surface area contributed by atoms with E-state index < -0.39 is 11.7 Å². The lowest BCUT2D eigenvalue weighted by atomic mass is 9.86. The molecule has 0 aliphatic carbocycles. The molecule has 3 heteroatoms. The molecular formula is C28H23NO2. The summed E-state index contributed by atoms with van der Waals surface area (Å²) in [6.45, 7) is 4.05. The fraction of sp³-hybridized carbons (Fsp3) is 0.0357. The molecule has 0 saturated carbocycles. The Bertz CT molecular complexity index is 1050. The Labute approximate surface area is 182 Å². The van der Waals surface area contributed by atoms with Crippen molar-refractivity contribution in [1.29, 1.82) is 0 Å². The molecule has 0 N–H and O–H groups in total. The van der Waals surface area contributed by atoms with Gasteiger partial charge in [-0.05, 0) is 30.3 Å². The maximum absolute atomic E-state index is 13.7. The largest absolute Gasteiger partial charge is 0.428 e. The molecule has 0 bridgehead atoms. The number of benzene rings is 4. The standard InChI is InChI=1S/C28H23NO2/c1-2-28(23-15-7-3-8-16-23,24-17-9-4-10-18-24)31-27(30)29(25-19-11-5-12-20-25)26-21-13-6-14-22-26/h2-22H,1H2. The summed E-state index contributed by atoms with van der Waals surface area (Å²) in [5.74, 6) is 0. The van der Waals surface area contributed by atoms with Gasteiger partial charge in [-0.1, -0.05) is 104 Å². The Morgan fingerprint density at radius 1 is 0.645 bits per heavy atom. The first-order valence-corrected chi connectivity index (χ1v) is 10.1. The lowest BCUT2D eigenvalue weighted by Gasteiger charge is -2.34. The van der Waals surface area contributed by atoms with Crippen LogP contribution in [-0.2, 0) is 10.3 Å². The number of anilines is 2. The van der Waals surface area contributed by atoms with E-state index in [0.29, 0.717) is 0 Å². The van der Waals surface area contributed by atoms with Crippen molar-refractivity contribution in [3.8, 4) is 0 Å². The summed E-state index contributed by atoms with van der Waals surface area (Å²) in [4.78, 5) is 15.3. The van der Waals surface area contributed by atoms with E-state index in [0.717, 1.165) is 22.5 Å². The van der Waals surface area contributed by atoms with E-state index in [4.69, 9.17) is 4.74 Å². The molecule has 0 aromatic heterocycles. The second-order valence-corrected chi connectivity index (χ2v) is 7.05. The molecule has 4 aromatic carbocycles. The number of carbonyl (C=O) groups excluding carboxylic acids is 1. The molecule has 0 aliphatic rings. The van der Waals surface area contributed by atoms with Gasteiger partial charge in [0.2, 0.25) is 0 Å². The first-order chi connectivity index (χ1) is 15.2. The van der Waals surface area contributed by atoms with Gasteiger partial charge >= 0.3 is 6.09 Å². The Kier molecular flexibility index (Phi) is 5.95. The molecule has 31 heavy (non-hydrogen) atoms.